The Morgan fingerprint density at radius 2 is 1.56 bits per heavy atom. The first-order valence-corrected chi connectivity index (χ1v) is 12.3. The van der Waals surface area contributed by atoms with Crippen molar-refractivity contribution in [3.05, 3.63) is 106 Å². The Bertz CT molecular complexity index is 1420. The lowest BCUT2D eigenvalue weighted by Gasteiger charge is -2.07. The van der Waals surface area contributed by atoms with Crippen LogP contribution in [-0.2, 0) is 21.1 Å². The van der Waals surface area contributed by atoms with Crippen LogP contribution in [0.5, 0.6) is 0 Å². The van der Waals surface area contributed by atoms with E-state index in [9.17, 15) is 27.1 Å². The third-order valence-electron chi connectivity index (χ3n) is 5.90. The van der Waals surface area contributed by atoms with Crippen molar-refractivity contribution in [2.45, 2.75) is 24.7 Å². The number of rotatable bonds is 7. The summed E-state index contributed by atoms with van der Waals surface area (Å²) in [6, 6.07) is 16.5. The van der Waals surface area contributed by atoms with E-state index < -0.39 is 21.6 Å². The second kappa shape index (κ2) is 9.35. The summed E-state index contributed by atoms with van der Waals surface area (Å²) in [6.07, 6.45) is 1.90. The third-order valence-corrected chi connectivity index (χ3v) is 7.64. The van der Waals surface area contributed by atoms with Crippen LogP contribution in [0.3, 0.4) is 0 Å². The molecule has 3 aromatic rings. The predicted molar refractivity (Wildman–Crippen MR) is 128 cm³/mol. The standard InChI is InChI=1S/C27H22F2O4S/c1-17-24(23-11-8-21(29)15-26(23)25(17)16-27(30)31)14-19-4-9-22(10-5-19)34(32,33)13-12-18-2-6-20(28)7-3-18/h2-11,14-15H,12-13,16H2,1H3,(H,30,31)/b24-14-. The number of carbonyl (C=O) groups is 1. The highest BCUT2D eigenvalue weighted by Crippen LogP contribution is 2.43. The Morgan fingerprint density at radius 1 is 0.912 bits per heavy atom. The fourth-order valence-electron chi connectivity index (χ4n) is 4.09. The number of aryl methyl sites for hydroxylation is 1. The van der Waals surface area contributed by atoms with Crippen LogP contribution >= 0.6 is 0 Å². The van der Waals surface area contributed by atoms with Gasteiger partial charge in [0.25, 0.3) is 0 Å². The zero-order chi connectivity index (χ0) is 24.5. The fourth-order valence-corrected chi connectivity index (χ4v) is 5.38. The molecule has 0 atom stereocenters. The summed E-state index contributed by atoms with van der Waals surface area (Å²) in [6.45, 7) is 1.80. The molecule has 4 rings (SSSR count). The summed E-state index contributed by atoms with van der Waals surface area (Å²) in [4.78, 5) is 11.5. The van der Waals surface area contributed by atoms with Crippen LogP contribution in [0.15, 0.2) is 77.2 Å². The van der Waals surface area contributed by atoms with E-state index in [2.05, 4.69) is 0 Å². The molecule has 0 saturated heterocycles. The van der Waals surface area contributed by atoms with E-state index in [0.29, 0.717) is 11.1 Å². The van der Waals surface area contributed by atoms with Gasteiger partial charge in [-0.25, -0.2) is 17.2 Å². The van der Waals surface area contributed by atoms with Gasteiger partial charge >= 0.3 is 5.97 Å². The van der Waals surface area contributed by atoms with Crippen molar-refractivity contribution in [3.63, 3.8) is 0 Å². The van der Waals surface area contributed by atoms with Crippen LogP contribution in [0.25, 0.3) is 17.2 Å². The van der Waals surface area contributed by atoms with Gasteiger partial charge in [0.2, 0.25) is 0 Å². The molecule has 0 heterocycles. The first-order chi connectivity index (χ1) is 16.1. The van der Waals surface area contributed by atoms with E-state index in [1.807, 2.05) is 6.08 Å². The number of fused-ring (bicyclic) bond motifs is 1. The highest BCUT2D eigenvalue weighted by Gasteiger charge is 2.25. The largest absolute Gasteiger partial charge is 0.481 e. The average Bonchev–Trinajstić information content (AvgIpc) is 3.04. The molecule has 0 aliphatic heterocycles. The highest BCUT2D eigenvalue weighted by molar-refractivity contribution is 7.91. The van der Waals surface area contributed by atoms with Crippen LogP contribution in [0.4, 0.5) is 8.78 Å². The van der Waals surface area contributed by atoms with E-state index in [1.54, 1.807) is 37.3 Å². The number of sulfone groups is 1. The molecule has 34 heavy (non-hydrogen) atoms. The molecule has 4 nitrogen and oxygen atoms in total. The van der Waals surface area contributed by atoms with Crippen molar-refractivity contribution in [1.29, 1.82) is 0 Å². The van der Waals surface area contributed by atoms with Crippen molar-refractivity contribution in [3.8, 4) is 0 Å². The first kappa shape index (κ1) is 23.6. The van der Waals surface area contributed by atoms with Crippen molar-refractivity contribution in [2.75, 3.05) is 5.75 Å². The average molecular weight is 481 g/mol. The van der Waals surface area contributed by atoms with Crippen molar-refractivity contribution >= 4 is 33.0 Å². The lowest BCUT2D eigenvalue weighted by atomic mass is 10.0. The molecule has 0 bridgehead atoms. The second-order valence-corrected chi connectivity index (χ2v) is 10.3. The number of carboxylic acid groups (broad SMARTS) is 1. The van der Waals surface area contributed by atoms with Gasteiger partial charge in [0.05, 0.1) is 17.1 Å². The Morgan fingerprint density at radius 3 is 2.21 bits per heavy atom. The van der Waals surface area contributed by atoms with E-state index in [0.717, 1.165) is 27.8 Å². The maximum atomic E-state index is 13.8. The van der Waals surface area contributed by atoms with Gasteiger partial charge in [-0.3, -0.25) is 4.79 Å². The van der Waals surface area contributed by atoms with Crippen molar-refractivity contribution in [2.24, 2.45) is 0 Å². The molecule has 0 amide bonds. The summed E-state index contributed by atoms with van der Waals surface area (Å²) in [7, 11) is -3.53. The summed E-state index contributed by atoms with van der Waals surface area (Å²) >= 11 is 0. The molecule has 1 N–H and O–H groups in total. The summed E-state index contributed by atoms with van der Waals surface area (Å²) in [5.74, 6) is -1.91. The van der Waals surface area contributed by atoms with Gasteiger partial charge in [-0.05, 0) is 94.8 Å². The molecular formula is C27H22F2O4S. The van der Waals surface area contributed by atoms with Crippen LogP contribution in [-0.4, -0.2) is 25.2 Å². The SMILES string of the molecule is CC1=C(CC(=O)O)c2cc(F)ccc2/C1=C\c1ccc(S(=O)(=O)CCc2ccc(F)cc2)cc1. The minimum absolute atomic E-state index is 0.0988. The second-order valence-electron chi connectivity index (χ2n) is 8.19. The van der Waals surface area contributed by atoms with E-state index >= 15 is 0 Å². The van der Waals surface area contributed by atoms with E-state index in [1.165, 1.54) is 36.4 Å². The van der Waals surface area contributed by atoms with Crippen molar-refractivity contribution in [1.82, 2.24) is 0 Å². The summed E-state index contributed by atoms with van der Waals surface area (Å²) in [5.41, 5.74) is 4.86. The molecule has 1 aliphatic rings. The molecule has 0 unspecified atom stereocenters. The van der Waals surface area contributed by atoms with Gasteiger partial charge in [-0.2, -0.15) is 0 Å². The fraction of sp³-hybridized carbons (Fsp3) is 0.148. The highest BCUT2D eigenvalue weighted by atomic mass is 32.2. The number of hydrogen-bond acceptors (Lipinski definition) is 3. The topological polar surface area (TPSA) is 71.4 Å². The summed E-state index contributed by atoms with van der Waals surface area (Å²) in [5, 5.41) is 9.28. The van der Waals surface area contributed by atoms with Gasteiger partial charge in [0, 0.05) is 0 Å². The van der Waals surface area contributed by atoms with E-state index in [-0.39, 0.29) is 29.3 Å². The predicted octanol–water partition coefficient (Wildman–Crippen LogP) is 5.78. The molecule has 1 aliphatic carbocycles. The number of halogens is 2. The Balaban J connectivity index is 1.59. The van der Waals surface area contributed by atoms with Crippen LogP contribution in [0, 0.1) is 11.6 Å². The zero-order valence-electron chi connectivity index (χ0n) is 18.4. The summed E-state index contributed by atoms with van der Waals surface area (Å²) < 4.78 is 52.3. The maximum Gasteiger partial charge on any atom is 0.307 e. The number of allylic oxidation sites excluding steroid dienone is 2. The normalized spacial score (nSPS) is 14.5. The smallest absolute Gasteiger partial charge is 0.307 e. The molecule has 174 valence electrons. The molecule has 3 aromatic carbocycles. The lowest BCUT2D eigenvalue weighted by molar-refractivity contribution is -0.135. The lowest BCUT2D eigenvalue weighted by Crippen LogP contribution is -2.09. The van der Waals surface area contributed by atoms with Crippen LogP contribution in [0.2, 0.25) is 0 Å². The minimum Gasteiger partial charge on any atom is -0.481 e. The van der Waals surface area contributed by atoms with Gasteiger partial charge in [-0.15, -0.1) is 0 Å². The molecule has 0 saturated carbocycles. The van der Waals surface area contributed by atoms with Crippen molar-refractivity contribution < 1.29 is 27.1 Å². The quantitative estimate of drug-likeness (QED) is 0.465. The van der Waals surface area contributed by atoms with Gasteiger partial charge in [0.15, 0.2) is 9.84 Å². The Kier molecular flexibility index (Phi) is 6.48. The first-order valence-electron chi connectivity index (χ1n) is 10.7. The monoisotopic (exact) mass is 480 g/mol. The van der Waals surface area contributed by atoms with Gasteiger partial charge < -0.3 is 5.11 Å². The van der Waals surface area contributed by atoms with Crippen LogP contribution < -0.4 is 0 Å². The van der Waals surface area contributed by atoms with Gasteiger partial charge in [-0.1, -0.05) is 30.3 Å². The third kappa shape index (κ3) is 4.99. The molecule has 0 radical (unpaired) electrons. The molecule has 0 spiro atoms. The minimum atomic E-state index is -3.53. The molecular weight excluding hydrogens is 458 g/mol. The number of aliphatic carboxylic acids is 1. The maximum absolute atomic E-state index is 13.8. The molecule has 0 aromatic heterocycles. The number of carboxylic acids is 1. The van der Waals surface area contributed by atoms with Crippen LogP contribution in [0.1, 0.15) is 35.6 Å². The zero-order valence-corrected chi connectivity index (χ0v) is 19.2. The Labute approximate surface area is 196 Å². The van der Waals surface area contributed by atoms with Gasteiger partial charge in [0.1, 0.15) is 11.6 Å². The number of hydrogen-bond donors (Lipinski definition) is 1. The molecule has 7 heteroatoms. The Hall–Kier alpha value is -3.58. The number of benzene rings is 3. The molecule has 0 fully saturated rings. The van der Waals surface area contributed by atoms with E-state index in [4.69, 9.17) is 0 Å².